The second-order valence-corrected chi connectivity index (χ2v) is 4.59. The molecule has 0 aliphatic rings. The Hall–Kier alpha value is -2.66. The second-order valence-electron chi connectivity index (χ2n) is 4.59. The third kappa shape index (κ3) is 3.09. The van der Waals surface area contributed by atoms with Gasteiger partial charge in [-0.15, -0.1) is 0 Å². The van der Waals surface area contributed by atoms with Crippen molar-refractivity contribution in [3.05, 3.63) is 71.8 Å². The van der Waals surface area contributed by atoms with Crippen LogP contribution in [0, 0.1) is 0 Å². The number of aliphatic hydroxyl groups is 1. The Balaban J connectivity index is 2.45. The number of rotatable bonds is 5. The highest BCUT2D eigenvalue weighted by Gasteiger charge is 2.39. The molecule has 108 valence electrons. The number of hydrogen-bond acceptors (Lipinski definition) is 3. The maximum absolute atomic E-state index is 12.4. The summed E-state index contributed by atoms with van der Waals surface area (Å²) < 4.78 is 0. The summed E-state index contributed by atoms with van der Waals surface area (Å²) in [4.78, 5) is 23.2. The molecule has 0 aromatic heterocycles. The van der Waals surface area contributed by atoms with E-state index in [0.717, 1.165) is 0 Å². The van der Waals surface area contributed by atoms with Crippen molar-refractivity contribution in [3.8, 4) is 0 Å². The summed E-state index contributed by atoms with van der Waals surface area (Å²) in [5.74, 6) is -1.37. The van der Waals surface area contributed by atoms with E-state index >= 15 is 0 Å². The van der Waals surface area contributed by atoms with Gasteiger partial charge in [-0.1, -0.05) is 60.7 Å². The predicted octanol–water partition coefficient (Wildman–Crippen LogP) is 0.524. The van der Waals surface area contributed by atoms with Gasteiger partial charge in [-0.05, 0) is 11.1 Å². The van der Waals surface area contributed by atoms with E-state index in [0.29, 0.717) is 11.1 Å². The Bertz CT molecular complexity index is 587. The van der Waals surface area contributed by atoms with E-state index in [1.807, 2.05) is 0 Å². The molecule has 0 heterocycles. The smallest absolute Gasteiger partial charge is 0.261 e. The van der Waals surface area contributed by atoms with Gasteiger partial charge in [0.15, 0.2) is 5.60 Å². The molecule has 2 amide bonds. The van der Waals surface area contributed by atoms with E-state index in [-0.39, 0.29) is 6.54 Å². The summed E-state index contributed by atoms with van der Waals surface area (Å²) in [6.07, 6.45) is 0. The van der Waals surface area contributed by atoms with Crippen LogP contribution in [0.15, 0.2) is 60.7 Å². The molecule has 0 aliphatic carbocycles. The average molecular weight is 284 g/mol. The molecule has 0 unspecified atom stereocenters. The number of carbonyl (C=O) groups excluding carboxylic acids is 2. The molecule has 0 saturated heterocycles. The number of carbonyl (C=O) groups is 2. The van der Waals surface area contributed by atoms with Crippen molar-refractivity contribution in [1.29, 1.82) is 0 Å². The van der Waals surface area contributed by atoms with Gasteiger partial charge in [0.05, 0.1) is 6.54 Å². The van der Waals surface area contributed by atoms with Crippen LogP contribution in [0.3, 0.4) is 0 Å². The lowest BCUT2D eigenvalue weighted by molar-refractivity contribution is -0.137. The Morgan fingerprint density at radius 1 is 0.952 bits per heavy atom. The zero-order chi connectivity index (χ0) is 15.3. The SMILES string of the molecule is NC(=O)CNC(=O)C(O)(c1ccccc1)c1ccccc1. The monoisotopic (exact) mass is 284 g/mol. The van der Waals surface area contributed by atoms with Gasteiger partial charge >= 0.3 is 0 Å². The fourth-order valence-corrected chi connectivity index (χ4v) is 2.08. The normalized spacial score (nSPS) is 10.9. The largest absolute Gasteiger partial charge is 0.372 e. The van der Waals surface area contributed by atoms with Gasteiger partial charge in [0, 0.05) is 0 Å². The van der Waals surface area contributed by atoms with Crippen LogP contribution in [0.5, 0.6) is 0 Å². The predicted molar refractivity (Wildman–Crippen MR) is 78.1 cm³/mol. The van der Waals surface area contributed by atoms with Crippen molar-refractivity contribution in [2.75, 3.05) is 6.54 Å². The minimum atomic E-state index is -1.88. The second kappa shape index (κ2) is 6.19. The van der Waals surface area contributed by atoms with Crippen molar-refractivity contribution in [2.45, 2.75) is 5.60 Å². The summed E-state index contributed by atoms with van der Waals surface area (Å²) in [6.45, 7) is -0.333. The molecule has 4 N–H and O–H groups in total. The Morgan fingerprint density at radius 2 is 1.38 bits per heavy atom. The molecule has 2 aromatic carbocycles. The fourth-order valence-electron chi connectivity index (χ4n) is 2.08. The summed E-state index contributed by atoms with van der Waals surface area (Å²) in [6, 6.07) is 17.1. The maximum atomic E-state index is 12.4. The Morgan fingerprint density at radius 3 is 1.76 bits per heavy atom. The highest BCUT2D eigenvalue weighted by Crippen LogP contribution is 2.29. The molecule has 2 aromatic rings. The first kappa shape index (κ1) is 14.7. The number of nitrogens with two attached hydrogens (primary N) is 1. The molecule has 2 rings (SSSR count). The first-order valence-electron chi connectivity index (χ1n) is 6.45. The lowest BCUT2D eigenvalue weighted by Gasteiger charge is -2.27. The minimum Gasteiger partial charge on any atom is -0.372 e. The quantitative estimate of drug-likeness (QED) is 0.747. The van der Waals surface area contributed by atoms with Crippen LogP contribution < -0.4 is 11.1 Å². The van der Waals surface area contributed by atoms with Gasteiger partial charge in [0.1, 0.15) is 0 Å². The molecule has 0 radical (unpaired) electrons. The summed E-state index contributed by atoms with van der Waals surface area (Å²) in [7, 11) is 0. The highest BCUT2D eigenvalue weighted by atomic mass is 16.3. The Kier molecular flexibility index (Phi) is 4.35. The summed E-state index contributed by atoms with van der Waals surface area (Å²) in [5, 5.41) is 13.3. The van der Waals surface area contributed by atoms with E-state index in [4.69, 9.17) is 5.73 Å². The third-order valence-electron chi connectivity index (χ3n) is 3.13. The lowest BCUT2D eigenvalue weighted by atomic mass is 9.85. The minimum absolute atomic E-state index is 0.333. The van der Waals surface area contributed by atoms with Crippen LogP contribution in [0.4, 0.5) is 0 Å². The van der Waals surface area contributed by atoms with E-state index in [2.05, 4.69) is 5.32 Å². The van der Waals surface area contributed by atoms with Gasteiger partial charge in [-0.3, -0.25) is 9.59 Å². The molecule has 5 nitrogen and oxygen atoms in total. The van der Waals surface area contributed by atoms with Gasteiger partial charge in [0.2, 0.25) is 5.91 Å². The van der Waals surface area contributed by atoms with Crippen molar-refractivity contribution in [3.63, 3.8) is 0 Å². The topological polar surface area (TPSA) is 92.4 Å². The fraction of sp³-hybridized carbons (Fsp3) is 0.125. The van der Waals surface area contributed by atoms with Gasteiger partial charge in [-0.25, -0.2) is 0 Å². The van der Waals surface area contributed by atoms with Gasteiger partial charge in [0.25, 0.3) is 5.91 Å². The number of nitrogens with one attached hydrogen (secondary N) is 1. The highest BCUT2D eigenvalue weighted by molar-refractivity contribution is 5.92. The molecule has 0 bridgehead atoms. The zero-order valence-corrected chi connectivity index (χ0v) is 11.3. The van der Waals surface area contributed by atoms with Gasteiger partial charge in [-0.2, -0.15) is 0 Å². The lowest BCUT2D eigenvalue weighted by Crippen LogP contribution is -2.47. The van der Waals surface area contributed by atoms with Crippen LogP contribution in [0.2, 0.25) is 0 Å². The van der Waals surface area contributed by atoms with Crippen molar-refractivity contribution in [2.24, 2.45) is 5.73 Å². The Labute approximate surface area is 122 Å². The first-order chi connectivity index (χ1) is 10.0. The standard InChI is InChI=1S/C16H16N2O3/c17-14(19)11-18-15(20)16(21,12-7-3-1-4-8-12)13-9-5-2-6-10-13/h1-10,21H,11H2,(H2,17,19)(H,18,20). The maximum Gasteiger partial charge on any atom is 0.261 e. The number of benzene rings is 2. The first-order valence-corrected chi connectivity index (χ1v) is 6.45. The molecule has 21 heavy (non-hydrogen) atoms. The van der Waals surface area contributed by atoms with Crippen LogP contribution in [0.1, 0.15) is 11.1 Å². The van der Waals surface area contributed by atoms with Crippen LogP contribution in [0.25, 0.3) is 0 Å². The van der Waals surface area contributed by atoms with E-state index in [1.165, 1.54) is 0 Å². The van der Waals surface area contributed by atoms with E-state index in [1.54, 1.807) is 60.7 Å². The number of primary amides is 1. The molecule has 0 aliphatic heterocycles. The molecule has 0 atom stereocenters. The van der Waals surface area contributed by atoms with Crippen molar-refractivity contribution in [1.82, 2.24) is 5.32 Å². The molecule has 5 heteroatoms. The number of amides is 2. The van der Waals surface area contributed by atoms with Gasteiger partial charge < -0.3 is 16.2 Å². The molecular formula is C16H16N2O3. The summed E-state index contributed by atoms with van der Waals surface area (Å²) in [5.41, 5.74) is 3.98. The van der Waals surface area contributed by atoms with Crippen LogP contribution in [-0.4, -0.2) is 23.5 Å². The molecule has 0 saturated carbocycles. The molecule has 0 fully saturated rings. The van der Waals surface area contributed by atoms with Crippen molar-refractivity contribution >= 4 is 11.8 Å². The zero-order valence-electron chi connectivity index (χ0n) is 11.3. The number of hydrogen-bond donors (Lipinski definition) is 3. The molecule has 0 spiro atoms. The third-order valence-corrected chi connectivity index (χ3v) is 3.13. The van der Waals surface area contributed by atoms with Crippen LogP contribution >= 0.6 is 0 Å². The summed E-state index contributed by atoms with van der Waals surface area (Å²) >= 11 is 0. The van der Waals surface area contributed by atoms with E-state index in [9.17, 15) is 14.7 Å². The van der Waals surface area contributed by atoms with Crippen molar-refractivity contribution < 1.29 is 14.7 Å². The molecular weight excluding hydrogens is 268 g/mol. The average Bonchev–Trinajstić information content (AvgIpc) is 2.53. The van der Waals surface area contributed by atoms with E-state index < -0.39 is 17.4 Å². The van der Waals surface area contributed by atoms with Crippen LogP contribution in [-0.2, 0) is 15.2 Å².